The van der Waals surface area contributed by atoms with E-state index in [0.29, 0.717) is 18.0 Å². The lowest BCUT2D eigenvalue weighted by Gasteiger charge is -2.18. The Labute approximate surface area is 181 Å². The van der Waals surface area contributed by atoms with Crippen LogP contribution in [0.1, 0.15) is 41.5 Å². The number of aryl methyl sites for hydroxylation is 1. The molecular weight excluding hydrogens is 394 g/mol. The third-order valence-corrected chi connectivity index (χ3v) is 5.70. The van der Waals surface area contributed by atoms with Crippen molar-refractivity contribution in [3.05, 3.63) is 100 Å². The highest BCUT2D eigenvalue weighted by Gasteiger charge is 2.22. The van der Waals surface area contributed by atoms with E-state index in [9.17, 15) is 4.79 Å². The van der Waals surface area contributed by atoms with Crippen LogP contribution in [0.4, 0.5) is 0 Å². The first-order valence-electron chi connectivity index (χ1n) is 10.2. The van der Waals surface area contributed by atoms with E-state index in [2.05, 4.69) is 40.4 Å². The maximum atomic E-state index is 12.9. The first kappa shape index (κ1) is 20.2. The molecule has 4 aromatic rings. The van der Waals surface area contributed by atoms with Crippen LogP contribution >= 0.6 is 11.6 Å². The molecule has 0 aliphatic carbocycles. The number of halogens is 1. The molecule has 0 aliphatic heterocycles. The zero-order valence-electron chi connectivity index (χ0n) is 16.9. The molecule has 0 bridgehead atoms. The van der Waals surface area contributed by atoms with E-state index in [1.807, 2.05) is 42.6 Å². The van der Waals surface area contributed by atoms with E-state index in [4.69, 9.17) is 11.6 Å². The van der Waals surface area contributed by atoms with Crippen molar-refractivity contribution < 1.29 is 4.79 Å². The molecule has 0 unspecified atom stereocenters. The van der Waals surface area contributed by atoms with Crippen LogP contribution in [0.15, 0.2) is 73.2 Å². The molecule has 2 aromatic carbocycles. The van der Waals surface area contributed by atoms with E-state index < -0.39 is 0 Å². The van der Waals surface area contributed by atoms with Crippen LogP contribution < -0.4 is 5.32 Å². The third-order valence-electron chi connectivity index (χ3n) is 5.47. The van der Waals surface area contributed by atoms with E-state index in [1.165, 1.54) is 5.56 Å². The number of H-pyrrole nitrogens is 1. The number of aromatic nitrogens is 2. The summed E-state index contributed by atoms with van der Waals surface area (Å²) in [6.07, 6.45) is 6.78. The highest BCUT2D eigenvalue weighted by atomic mass is 35.5. The molecule has 0 aliphatic rings. The van der Waals surface area contributed by atoms with Gasteiger partial charge in [-0.1, -0.05) is 48.9 Å². The van der Waals surface area contributed by atoms with Gasteiger partial charge < -0.3 is 10.3 Å². The Hall–Kier alpha value is -3.11. The summed E-state index contributed by atoms with van der Waals surface area (Å²) < 4.78 is 0. The topological polar surface area (TPSA) is 57.8 Å². The third kappa shape index (κ3) is 4.39. The van der Waals surface area contributed by atoms with Crippen LogP contribution in [0, 0.1) is 0 Å². The van der Waals surface area contributed by atoms with Gasteiger partial charge in [0, 0.05) is 53.4 Å². The van der Waals surface area contributed by atoms with E-state index in [1.54, 1.807) is 12.4 Å². The Morgan fingerprint density at radius 3 is 2.70 bits per heavy atom. The summed E-state index contributed by atoms with van der Waals surface area (Å²) >= 11 is 6.28. The standard InChI is InChI=1S/C25H24ClN3O/c1-2-18-5-4-8-21-23(16-29-25(18)21)22(19-6-3-7-20(26)13-19)14-24(30)28-15-17-9-11-27-12-10-17/h3-13,16,22,29H,2,14-15H2,1H3,(H,28,30)/t22-/m1/s1. The van der Waals surface area contributed by atoms with E-state index in [-0.39, 0.29) is 11.8 Å². The average molecular weight is 418 g/mol. The van der Waals surface area contributed by atoms with Crippen LogP contribution in [-0.4, -0.2) is 15.9 Å². The van der Waals surface area contributed by atoms with Crippen LogP contribution in [-0.2, 0) is 17.8 Å². The zero-order valence-corrected chi connectivity index (χ0v) is 17.6. The smallest absolute Gasteiger partial charge is 0.221 e. The van der Waals surface area contributed by atoms with Gasteiger partial charge in [-0.3, -0.25) is 9.78 Å². The van der Waals surface area contributed by atoms with Crippen LogP contribution in [0.5, 0.6) is 0 Å². The van der Waals surface area contributed by atoms with E-state index in [0.717, 1.165) is 34.0 Å². The van der Waals surface area contributed by atoms with Gasteiger partial charge in [-0.05, 0) is 52.9 Å². The van der Waals surface area contributed by atoms with Crippen LogP contribution in [0.3, 0.4) is 0 Å². The number of carbonyl (C=O) groups is 1. The van der Waals surface area contributed by atoms with Crippen molar-refractivity contribution in [2.24, 2.45) is 0 Å². The predicted octanol–water partition coefficient (Wildman–Crippen LogP) is 5.62. The van der Waals surface area contributed by atoms with Crippen LogP contribution in [0.25, 0.3) is 10.9 Å². The summed E-state index contributed by atoms with van der Waals surface area (Å²) in [6.45, 7) is 2.63. The predicted molar refractivity (Wildman–Crippen MR) is 122 cm³/mol. The maximum Gasteiger partial charge on any atom is 0.221 e. The number of para-hydroxylation sites is 1. The van der Waals surface area contributed by atoms with Crippen LogP contribution in [0.2, 0.25) is 5.02 Å². The lowest BCUT2D eigenvalue weighted by molar-refractivity contribution is -0.121. The van der Waals surface area contributed by atoms with Gasteiger partial charge in [-0.25, -0.2) is 0 Å². The summed E-state index contributed by atoms with van der Waals surface area (Å²) in [5.74, 6) is -0.0974. The van der Waals surface area contributed by atoms with Gasteiger partial charge in [0.1, 0.15) is 0 Å². The number of aromatic amines is 1. The van der Waals surface area contributed by atoms with Crippen molar-refractivity contribution in [3.8, 4) is 0 Å². The molecule has 30 heavy (non-hydrogen) atoms. The Bertz CT molecular complexity index is 1150. The summed E-state index contributed by atoms with van der Waals surface area (Å²) in [5.41, 5.74) is 5.58. The molecule has 0 spiro atoms. The molecule has 4 rings (SSSR count). The minimum Gasteiger partial charge on any atom is -0.361 e. The molecule has 152 valence electrons. The van der Waals surface area contributed by atoms with Gasteiger partial charge >= 0.3 is 0 Å². The Kier molecular flexibility index (Phi) is 6.15. The molecule has 0 saturated heterocycles. The highest BCUT2D eigenvalue weighted by Crippen LogP contribution is 2.35. The van der Waals surface area contributed by atoms with Crippen molar-refractivity contribution >= 4 is 28.4 Å². The molecule has 0 saturated carbocycles. The van der Waals surface area contributed by atoms with Gasteiger partial charge in [0.15, 0.2) is 0 Å². The van der Waals surface area contributed by atoms with Crippen molar-refractivity contribution in [2.75, 3.05) is 0 Å². The minimum absolute atomic E-state index is 0.00205. The number of pyridine rings is 1. The molecule has 1 amide bonds. The second-order valence-electron chi connectivity index (χ2n) is 7.38. The Morgan fingerprint density at radius 2 is 1.93 bits per heavy atom. The molecule has 4 nitrogen and oxygen atoms in total. The second-order valence-corrected chi connectivity index (χ2v) is 7.82. The fourth-order valence-electron chi connectivity index (χ4n) is 3.91. The summed E-state index contributed by atoms with van der Waals surface area (Å²) in [4.78, 5) is 20.3. The normalized spacial score (nSPS) is 12.1. The Balaban J connectivity index is 1.65. The number of nitrogens with one attached hydrogen (secondary N) is 2. The molecule has 1 atom stereocenters. The zero-order chi connectivity index (χ0) is 20.9. The monoisotopic (exact) mass is 417 g/mol. The molecule has 0 fully saturated rings. The quantitative estimate of drug-likeness (QED) is 0.410. The Morgan fingerprint density at radius 1 is 1.13 bits per heavy atom. The molecule has 5 heteroatoms. The van der Waals surface area contributed by atoms with Crippen molar-refractivity contribution in [1.82, 2.24) is 15.3 Å². The number of carbonyl (C=O) groups excluding carboxylic acids is 1. The fraction of sp³-hybridized carbons (Fsp3) is 0.200. The number of amides is 1. The fourth-order valence-corrected chi connectivity index (χ4v) is 4.11. The first-order valence-corrected chi connectivity index (χ1v) is 10.5. The number of nitrogens with zero attached hydrogens (tertiary/aromatic N) is 1. The van der Waals surface area contributed by atoms with Crippen molar-refractivity contribution in [3.63, 3.8) is 0 Å². The SMILES string of the molecule is CCc1cccc2c([C@H](CC(=O)NCc3ccncc3)c3cccc(Cl)c3)c[nH]c12. The molecule has 0 radical (unpaired) electrons. The highest BCUT2D eigenvalue weighted by molar-refractivity contribution is 6.30. The second kappa shape index (κ2) is 9.14. The molecule has 2 N–H and O–H groups in total. The van der Waals surface area contributed by atoms with Gasteiger partial charge in [-0.2, -0.15) is 0 Å². The number of fused-ring (bicyclic) bond motifs is 1. The lowest BCUT2D eigenvalue weighted by atomic mass is 9.87. The number of hydrogen-bond acceptors (Lipinski definition) is 2. The van der Waals surface area contributed by atoms with Gasteiger partial charge in [0.25, 0.3) is 0 Å². The van der Waals surface area contributed by atoms with Crippen molar-refractivity contribution in [2.45, 2.75) is 32.2 Å². The lowest BCUT2D eigenvalue weighted by Crippen LogP contribution is -2.25. The van der Waals surface area contributed by atoms with Crippen molar-refractivity contribution in [1.29, 1.82) is 0 Å². The average Bonchev–Trinajstić information content (AvgIpc) is 3.21. The first-order chi connectivity index (χ1) is 14.7. The largest absolute Gasteiger partial charge is 0.361 e. The van der Waals surface area contributed by atoms with Gasteiger partial charge in [-0.15, -0.1) is 0 Å². The van der Waals surface area contributed by atoms with E-state index >= 15 is 0 Å². The summed E-state index contributed by atoms with van der Waals surface area (Å²) in [6, 6.07) is 17.9. The molecule has 2 heterocycles. The van der Waals surface area contributed by atoms with Gasteiger partial charge in [0.05, 0.1) is 0 Å². The number of hydrogen-bond donors (Lipinski definition) is 2. The summed E-state index contributed by atoms with van der Waals surface area (Å²) in [7, 11) is 0. The number of rotatable bonds is 7. The van der Waals surface area contributed by atoms with Gasteiger partial charge in [0.2, 0.25) is 5.91 Å². The maximum absolute atomic E-state index is 12.9. The molecular formula is C25H24ClN3O. The molecule has 2 aromatic heterocycles. The summed E-state index contributed by atoms with van der Waals surface area (Å²) in [5, 5.41) is 4.86. The minimum atomic E-state index is -0.0954. The number of benzene rings is 2.